The van der Waals surface area contributed by atoms with E-state index in [4.69, 9.17) is 4.18 Å². The van der Waals surface area contributed by atoms with Gasteiger partial charge in [0.1, 0.15) is 0 Å². The van der Waals surface area contributed by atoms with E-state index in [-0.39, 0.29) is 13.2 Å². The molecule has 1 aromatic heterocycles. The van der Waals surface area contributed by atoms with Crippen molar-refractivity contribution >= 4 is 53.1 Å². The maximum Gasteiger partial charge on any atom is 0.264 e. The van der Waals surface area contributed by atoms with Gasteiger partial charge < -0.3 is 10.4 Å². The van der Waals surface area contributed by atoms with Gasteiger partial charge in [0.05, 0.1) is 25.0 Å². The van der Waals surface area contributed by atoms with E-state index in [9.17, 15) is 13.5 Å². The van der Waals surface area contributed by atoms with Crippen molar-refractivity contribution < 1.29 is 17.7 Å². The molecule has 1 atom stereocenters. The van der Waals surface area contributed by atoms with Crippen molar-refractivity contribution in [3.05, 3.63) is 59.5 Å². The highest BCUT2D eigenvalue weighted by Crippen LogP contribution is 2.36. The van der Waals surface area contributed by atoms with Crippen LogP contribution >= 0.6 is 11.3 Å². The van der Waals surface area contributed by atoms with Crippen molar-refractivity contribution in [1.29, 1.82) is 0 Å². The standard InChI is InChI=1S/C22H23NO4S2/c1-22(13-24,14-27-29(2,25)26)23-12-16-11-20-17-6-4-3-5-15(17)7-8-19(20)21-18(16)9-10-28-21/h3-11,23-24H,12-14H2,1-2H3. The molecule has 0 radical (unpaired) electrons. The summed E-state index contributed by atoms with van der Waals surface area (Å²) in [7, 11) is -3.58. The molecule has 1 unspecified atom stereocenters. The fraction of sp³-hybridized carbons (Fsp3) is 0.273. The summed E-state index contributed by atoms with van der Waals surface area (Å²) in [5, 5.41) is 21.2. The zero-order valence-corrected chi connectivity index (χ0v) is 17.9. The minimum atomic E-state index is -3.58. The van der Waals surface area contributed by atoms with Gasteiger partial charge in [-0.1, -0.05) is 36.4 Å². The molecule has 0 saturated carbocycles. The number of benzene rings is 3. The fourth-order valence-electron chi connectivity index (χ4n) is 3.52. The molecule has 4 rings (SSSR count). The highest BCUT2D eigenvalue weighted by molar-refractivity contribution is 7.85. The van der Waals surface area contributed by atoms with Crippen LogP contribution in [0.3, 0.4) is 0 Å². The Morgan fingerprint density at radius 1 is 1.07 bits per heavy atom. The normalized spacial score (nSPS) is 14.6. The average molecular weight is 430 g/mol. The van der Waals surface area contributed by atoms with E-state index in [1.807, 2.05) is 12.1 Å². The molecule has 0 aliphatic rings. The van der Waals surface area contributed by atoms with Gasteiger partial charge in [0, 0.05) is 16.6 Å². The van der Waals surface area contributed by atoms with Crippen molar-refractivity contribution in [2.24, 2.45) is 0 Å². The number of hydrogen-bond donors (Lipinski definition) is 2. The summed E-state index contributed by atoms with van der Waals surface area (Å²) in [5.41, 5.74) is 0.225. The van der Waals surface area contributed by atoms with Gasteiger partial charge in [-0.15, -0.1) is 11.3 Å². The summed E-state index contributed by atoms with van der Waals surface area (Å²) in [5.74, 6) is 0. The van der Waals surface area contributed by atoms with Crippen LogP contribution in [0.1, 0.15) is 12.5 Å². The predicted molar refractivity (Wildman–Crippen MR) is 120 cm³/mol. The molecule has 0 aliphatic carbocycles. The van der Waals surface area contributed by atoms with Gasteiger partial charge in [-0.3, -0.25) is 4.18 Å². The lowest BCUT2D eigenvalue weighted by Crippen LogP contribution is -2.49. The Labute approximate surface area is 174 Å². The Balaban J connectivity index is 1.74. The van der Waals surface area contributed by atoms with Gasteiger partial charge in [-0.05, 0) is 51.5 Å². The maximum absolute atomic E-state index is 11.3. The molecule has 7 heteroatoms. The van der Waals surface area contributed by atoms with Gasteiger partial charge in [0.25, 0.3) is 10.1 Å². The van der Waals surface area contributed by atoms with E-state index in [0.29, 0.717) is 6.54 Å². The molecule has 0 amide bonds. The number of hydrogen-bond acceptors (Lipinski definition) is 6. The molecule has 2 N–H and O–H groups in total. The number of fused-ring (bicyclic) bond motifs is 5. The van der Waals surface area contributed by atoms with E-state index in [2.05, 4.69) is 47.1 Å². The maximum atomic E-state index is 11.3. The third kappa shape index (κ3) is 4.15. The van der Waals surface area contributed by atoms with Gasteiger partial charge in [0.2, 0.25) is 0 Å². The first-order valence-electron chi connectivity index (χ1n) is 9.30. The number of nitrogens with one attached hydrogen (secondary N) is 1. The average Bonchev–Trinajstić information content (AvgIpc) is 3.20. The SMILES string of the molecule is CC(CO)(COS(C)(=O)=O)NCc1cc2c3ccccc3ccc2c2sccc12. The van der Waals surface area contributed by atoms with Crippen LogP contribution in [0.2, 0.25) is 0 Å². The van der Waals surface area contributed by atoms with Crippen molar-refractivity contribution in [3.8, 4) is 0 Å². The van der Waals surface area contributed by atoms with E-state index in [1.165, 1.54) is 26.2 Å². The molecule has 29 heavy (non-hydrogen) atoms. The van der Waals surface area contributed by atoms with Crippen LogP contribution < -0.4 is 5.32 Å². The van der Waals surface area contributed by atoms with Gasteiger partial charge in [-0.25, -0.2) is 0 Å². The van der Waals surface area contributed by atoms with E-state index in [0.717, 1.165) is 17.2 Å². The van der Waals surface area contributed by atoms with Crippen LogP contribution in [0.5, 0.6) is 0 Å². The molecule has 5 nitrogen and oxygen atoms in total. The van der Waals surface area contributed by atoms with Crippen molar-refractivity contribution in [1.82, 2.24) is 5.32 Å². The largest absolute Gasteiger partial charge is 0.394 e. The molecule has 152 valence electrons. The highest BCUT2D eigenvalue weighted by atomic mass is 32.2. The fourth-order valence-corrected chi connectivity index (χ4v) is 4.96. The molecule has 4 aromatic rings. The molecule has 0 aliphatic heterocycles. The Kier molecular flexibility index (Phi) is 5.35. The Morgan fingerprint density at radius 2 is 1.86 bits per heavy atom. The van der Waals surface area contributed by atoms with Gasteiger partial charge >= 0.3 is 0 Å². The smallest absolute Gasteiger partial charge is 0.264 e. The van der Waals surface area contributed by atoms with Crippen LogP contribution in [0.15, 0.2) is 53.9 Å². The number of thiophene rings is 1. The Morgan fingerprint density at radius 3 is 2.62 bits per heavy atom. The van der Waals surface area contributed by atoms with Crippen LogP contribution in [0.25, 0.3) is 31.6 Å². The minimum absolute atomic E-state index is 0.133. The summed E-state index contributed by atoms with van der Waals surface area (Å²) in [6, 6.07) is 16.9. The first kappa shape index (κ1) is 20.3. The first-order valence-corrected chi connectivity index (χ1v) is 12.0. The quantitative estimate of drug-likeness (QED) is 0.343. The minimum Gasteiger partial charge on any atom is -0.394 e. The second kappa shape index (κ2) is 7.66. The lowest BCUT2D eigenvalue weighted by molar-refractivity contribution is 0.118. The predicted octanol–water partition coefficient (Wildman–Crippen LogP) is 4.02. The van der Waals surface area contributed by atoms with Crippen LogP contribution in [0.4, 0.5) is 0 Å². The second-order valence-corrected chi connectivity index (χ2v) is 10.2. The zero-order chi connectivity index (χ0) is 20.6. The molecule has 0 spiro atoms. The summed E-state index contributed by atoms with van der Waals surface area (Å²) < 4.78 is 28.8. The molecular formula is C22H23NO4S2. The van der Waals surface area contributed by atoms with Crippen molar-refractivity contribution in [3.63, 3.8) is 0 Å². The monoisotopic (exact) mass is 429 g/mol. The summed E-state index contributed by atoms with van der Waals surface area (Å²) in [6.07, 6.45) is 1.01. The molecule has 3 aromatic carbocycles. The summed E-state index contributed by atoms with van der Waals surface area (Å²) >= 11 is 1.71. The van der Waals surface area contributed by atoms with E-state index >= 15 is 0 Å². The second-order valence-electron chi connectivity index (χ2n) is 7.62. The lowest BCUT2D eigenvalue weighted by atomic mass is 9.97. The van der Waals surface area contributed by atoms with E-state index in [1.54, 1.807) is 18.3 Å². The van der Waals surface area contributed by atoms with Gasteiger partial charge in [-0.2, -0.15) is 8.42 Å². The Bertz CT molecular complexity index is 1300. The van der Waals surface area contributed by atoms with Crippen molar-refractivity contribution in [2.45, 2.75) is 19.0 Å². The molecule has 0 bridgehead atoms. The van der Waals surface area contributed by atoms with Crippen molar-refractivity contribution in [2.75, 3.05) is 19.5 Å². The van der Waals surface area contributed by atoms with Crippen LogP contribution in [-0.4, -0.2) is 38.5 Å². The van der Waals surface area contributed by atoms with Crippen LogP contribution in [0, 0.1) is 0 Å². The molecule has 1 heterocycles. The lowest BCUT2D eigenvalue weighted by Gasteiger charge is -2.28. The molecule has 0 fully saturated rings. The number of rotatable bonds is 7. The Hall–Kier alpha value is -2.03. The summed E-state index contributed by atoms with van der Waals surface area (Å²) in [6.45, 7) is 1.85. The van der Waals surface area contributed by atoms with Crippen LogP contribution in [-0.2, 0) is 20.8 Å². The third-order valence-corrected chi connectivity index (χ3v) is 6.68. The zero-order valence-electron chi connectivity index (χ0n) is 16.3. The first-order chi connectivity index (χ1) is 13.8. The van der Waals surface area contributed by atoms with E-state index < -0.39 is 15.7 Å². The highest BCUT2D eigenvalue weighted by Gasteiger charge is 2.25. The third-order valence-electron chi connectivity index (χ3n) is 5.19. The topological polar surface area (TPSA) is 75.6 Å². The molecular weight excluding hydrogens is 406 g/mol. The van der Waals surface area contributed by atoms with Gasteiger partial charge in [0.15, 0.2) is 0 Å². The number of aliphatic hydroxyl groups excluding tert-OH is 1. The molecule has 0 saturated heterocycles. The number of aliphatic hydroxyl groups is 1. The summed E-state index contributed by atoms with van der Waals surface area (Å²) in [4.78, 5) is 0.